The summed E-state index contributed by atoms with van der Waals surface area (Å²) in [7, 11) is 3.27. The molecule has 32 heavy (non-hydrogen) atoms. The molecular formula is C24H32N4O4. The van der Waals surface area contributed by atoms with Gasteiger partial charge in [-0.25, -0.2) is 4.98 Å². The fourth-order valence-corrected chi connectivity index (χ4v) is 4.44. The van der Waals surface area contributed by atoms with Gasteiger partial charge in [0.1, 0.15) is 5.82 Å². The molecule has 1 aromatic carbocycles. The van der Waals surface area contributed by atoms with Gasteiger partial charge < -0.3 is 19.5 Å². The van der Waals surface area contributed by atoms with Crippen LogP contribution in [0.5, 0.6) is 11.5 Å². The first-order chi connectivity index (χ1) is 15.5. The molecule has 172 valence electrons. The second-order valence-corrected chi connectivity index (χ2v) is 8.58. The number of amides is 1. The maximum absolute atomic E-state index is 12.9. The van der Waals surface area contributed by atoms with Crippen LogP contribution in [0, 0.1) is 0 Å². The molecule has 1 amide bonds. The lowest BCUT2D eigenvalue weighted by atomic mass is 9.92. The molecule has 0 bridgehead atoms. The Balaban J connectivity index is 1.52. The van der Waals surface area contributed by atoms with Crippen molar-refractivity contribution in [2.75, 3.05) is 44.2 Å². The SMILES string of the molecule is COc1ccc(C(C)CNc2ncc3c(n2)N(C2CCOCC2)C(=O)CC3C)cc1OC. The second-order valence-electron chi connectivity index (χ2n) is 8.58. The molecule has 0 aliphatic carbocycles. The van der Waals surface area contributed by atoms with E-state index >= 15 is 0 Å². The molecule has 0 radical (unpaired) electrons. The molecule has 1 aromatic heterocycles. The first kappa shape index (κ1) is 22.3. The lowest BCUT2D eigenvalue weighted by molar-refractivity contribution is -0.120. The van der Waals surface area contributed by atoms with Crippen molar-refractivity contribution < 1.29 is 19.0 Å². The molecule has 8 nitrogen and oxygen atoms in total. The summed E-state index contributed by atoms with van der Waals surface area (Å²) >= 11 is 0. The summed E-state index contributed by atoms with van der Waals surface area (Å²) in [6.07, 6.45) is 4.04. The molecule has 8 heteroatoms. The normalized spacial score (nSPS) is 19.9. The van der Waals surface area contributed by atoms with Crippen molar-refractivity contribution in [3.8, 4) is 11.5 Å². The van der Waals surface area contributed by atoms with Gasteiger partial charge in [-0.15, -0.1) is 0 Å². The minimum Gasteiger partial charge on any atom is -0.493 e. The summed E-state index contributed by atoms with van der Waals surface area (Å²) in [5.41, 5.74) is 2.16. The molecule has 4 rings (SSSR count). The van der Waals surface area contributed by atoms with Crippen molar-refractivity contribution in [2.24, 2.45) is 0 Å². The minimum atomic E-state index is 0.119. The molecule has 0 saturated carbocycles. The van der Waals surface area contributed by atoms with Crippen LogP contribution in [-0.2, 0) is 9.53 Å². The highest BCUT2D eigenvalue weighted by Gasteiger charge is 2.36. The quantitative estimate of drug-likeness (QED) is 0.702. The number of methoxy groups -OCH3 is 2. The number of aromatic nitrogens is 2. The van der Waals surface area contributed by atoms with E-state index in [1.165, 1.54) is 0 Å². The van der Waals surface area contributed by atoms with Crippen LogP contribution in [0.4, 0.5) is 11.8 Å². The van der Waals surface area contributed by atoms with Gasteiger partial charge in [0.2, 0.25) is 11.9 Å². The Hall–Kier alpha value is -2.87. The predicted molar refractivity (Wildman–Crippen MR) is 123 cm³/mol. The molecule has 0 spiro atoms. The zero-order valence-corrected chi connectivity index (χ0v) is 19.3. The van der Waals surface area contributed by atoms with E-state index in [4.69, 9.17) is 19.2 Å². The Bertz CT molecular complexity index is 961. The molecule has 1 fully saturated rings. The van der Waals surface area contributed by atoms with Crippen molar-refractivity contribution in [1.82, 2.24) is 9.97 Å². The predicted octanol–water partition coefficient (Wildman–Crippen LogP) is 3.73. The first-order valence-corrected chi connectivity index (χ1v) is 11.2. The summed E-state index contributed by atoms with van der Waals surface area (Å²) in [6, 6.07) is 6.08. The number of hydrogen-bond acceptors (Lipinski definition) is 7. The van der Waals surface area contributed by atoms with Gasteiger partial charge in [0.05, 0.1) is 14.2 Å². The molecule has 3 heterocycles. The molecular weight excluding hydrogens is 408 g/mol. The zero-order valence-electron chi connectivity index (χ0n) is 19.3. The van der Waals surface area contributed by atoms with Crippen LogP contribution < -0.4 is 19.7 Å². The van der Waals surface area contributed by atoms with Gasteiger partial charge in [-0.1, -0.05) is 19.9 Å². The lowest BCUT2D eigenvalue weighted by Gasteiger charge is -2.38. The van der Waals surface area contributed by atoms with Gasteiger partial charge >= 0.3 is 0 Å². The third-order valence-electron chi connectivity index (χ3n) is 6.40. The average molecular weight is 441 g/mol. The number of anilines is 2. The number of nitrogens with one attached hydrogen (secondary N) is 1. The van der Waals surface area contributed by atoms with Gasteiger partial charge in [-0.2, -0.15) is 4.98 Å². The van der Waals surface area contributed by atoms with Crippen molar-refractivity contribution in [3.05, 3.63) is 35.5 Å². The van der Waals surface area contributed by atoms with E-state index in [9.17, 15) is 4.79 Å². The summed E-state index contributed by atoms with van der Waals surface area (Å²) in [5.74, 6) is 3.16. The Kier molecular flexibility index (Phi) is 6.79. The highest BCUT2D eigenvalue weighted by molar-refractivity contribution is 5.96. The van der Waals surface area contributed by atoms with Crippen LogP contribution in [0.15, 0.2) is 24.4 Å². The van der Waals surface area contributed by atoms with Crippen LogP contribution in [0.1, 0.15) is 56.1 Å². The van der Waals surface area contributed by atoms with E-state index in [2.05, 4.69) is 24.1 Å². The largest absolute Gasteiger partial charge is 0.493 e. The number of nitrogens with zero attached hydrogens (tertiary/aromatic N) is 3. The number of rotatable bonds is 7. The van der Waals surface area contributed by atoms with E-state index in [0.717, 1.165) is 29.8 Å². The number of ether oxygens (including phenoxy) is 3. The van der Waals surface area contributed by atoms with Gasteiger partial charge in [0, 0.05) is 44.0 Å². The standard InChI is InChI=1S/C24H32N4O4/c1-15-11-22(29)28(18-7-9-32-10-8-18)23-19(15)14-26-24(27-23)25-13-16(2)17-5-6-20(30-3)21(12-17)31-4/h5-6,12,14-16,18H,7-11,13H2,1-4H3,(H,25,26,27). The van der Waals surface area contributed by atoms with Gasteiger partial charge in [0.25, 0.3) is 0 Å². The Morgan fingerprint density at radius 3 is 2.69 bits per heavy atom. The van der Waals surface area contributed by atoms with Crippen molar-refractivity contribution in [1.29, 1.82) is 0 Å². The van der Waals surface area contributed by atoms with Gasteiger partial charge in [-0.05, 0) is 42.4 Å². The van der Waals surface area contributed by atoms with Gasteiger partial charge in [-0.3, -0.25) is 9.69 Å². The Morgan fingerprint density at radius 1 is 1.22 bits per heavy atom. The lowest BCUT2D eigenvalue weighted by Crippen LogP contribution is -2.47. The monoisotopic (exact) mass is 440 g/mol. The average Bonchev–Trinajstić information content (AvgIpc) is 2.82. The summed E-state index contributed by atoms with van der Waals surface area (Å²) < 4.78 is 16.3. The first-order valence-electron chi connectivity index (χ1n) is 11.2. The van der Waals surface area contributed by atoms with Crippen LogP contribution in [0.2, 0.25) is 0 Å². The van der Waals surface area contributed by atoms with Crippen LogP contribution in [-0.4, -0.2) is 55.9 Å². The van der Waals surface area contributed by atoms with Crippen LogP contribution in [0.25, 0.3) is 0 Å². The molecule has 2 atom stereocenters. The zero-order chi connectivity index (χ0) is 22.7. The molecule has 1 saturated heterocycles. The third kappa shape index (κ3) is 4.50. The van der Waals surface area contributed by atoms with Crippen molar-refractivity contribution in [3.63, 3.8) is 0 Å². The van der Waals surface area contributed by atoms with E-state index in [-0.39, 0.29) is 23.8 Å². The molecule has 2 aromatic rings. The second kappa shape index (κ2) is 9.73. The Labute approximate surface area is 189 Å². The molecule has 2 aliphatic heterocycles. The van der Waals surface area contributed by atoms with Crippen molar-refractivity contribution >= 4 is 17.7 Å². The molecule has 1 N–H and O–H groups in total. The van der Waals surface area contributed by atoms with E-state index < -0.39 is 0 Å². The highest BCUT2D eigenvalue weighted by atomic mass is 16.5. The number of hydrogen-bond donors (Lipinski definition) is 1. The number of fused-ring (bicyclic) bond motifs is 1. The van der Waals surface area contributed by atoms with E-state index in [1.54, 1.807) is 14.2 Å². The van der Waals surface area contributed by atoms with Crippen LogP contribution >= 0.6 is 0 Å². The number of carbonyl (C=O) groups excluding carboxylic acids is 1. The van der Waals surface area contributed by atoms with E-state index in [0.29, 0.717) is 43.6 Å². The maximum Gasteiger partial charge on any atom is 0.229 e. The fourth-order valence-electron chi connectivity index (χ4n) is 4.44. The summed E-state index contributed by atoms with van der Waals surface area (Å²) in [6.45, 7) is 6.20. The summed E-state index contributed by atoms with van der Waals surface area (Å²) in [5, 5.41) is 3.36. The van der Waals surface area contributed by atoms with Crippen molar-refractivity contribution in [2.45, 2.75) is 51.0 Å². The van der Waals surface area contributed by atoms with Crippen LogP contribution in [0.3, 0.4) is 0 Å². The van der Waals surface area contributed by atoms with E-state index in [1.807, 2.05) is 29.3 Å². The Morgan fingerprint density at radius 2 is 1.97 bits per heavy atom. The topological polar surface area (TPSA) is 85.8 Å². The highest BCUT2D eigenvalue weighted by Crippen LogP contribution is 2.37. The van der Waals surface area contributed by atoms with Gasteiger partial charge in [0.15, 0.2) is 11.5 Å². The maximum atomic E-state index is 12.9. The molecule has 2 aliphatic rings. The minimum absolute atomic E-state index is 0.119. The summed E-state index contributed by atoms with van der Waals surface area (Å²) in [4.78, 5) is 24.2. The fraction of sp³-hybridized carbons (Fsp3) is 0.542. The number of carbonyl (C=O) groups is 1. The third-order valence-corrected chi connectivity index (χ3v) is 6.40. The smallest absolute Gasteiger partial charge is 0.229 e. The number of benzene rings is 1. The molecule has 2 unspecified atom stereocenters.